The lowest BCUT2D eigenvalue weighted by atomic mass is 9.90. The lowest BCUT2D eigenvalue weighted by Crippen LogP contribution is -2.33. The van der Waals surface area contributed by atoms with Gasteiger partial charge in [-0.05, 0) is 23.3 Å². The molecule has 1 aliphatic rings. The summed E-state index contributed by atoms with van der Waals surface area (Å²) in [4.78, 5) is 16.8. The van der Waals surface area contributed by atoms with Crippen molar-refractivity contribution in [3.05, 3.63) is 66.5 Å². The fourth-order valence-corrected chi connectivity index (χ4v) is 3.50. The summed E-state index contributed by atoms with van der Waals surface area (Å²) < 4.78 is 3.73. The minimum atomic E-state index is -0.0731. The standard InChI is InChI=1S/C19H22N6O/c1-24-12-15(9-23-24)17-10-21-11-18(17)19(26)22-8-14-3-2-4-16(7-14)25-6-5-20-13-25/h2-7,9,12-13,17-18,21H,8,10-11H2,1H3,(H,22,26)/t17-,18+/m1/s1. The second kappa shape index (κ2) is 7.13. The molecule has 26 heavy (non-hydrogen) atoms. The first-order valence-corrected chi connectivity index (χ1v) is 8.75. The number of carbonyl (C=O) groups is 1. The van der Waals surface area contributed by atoms with Gasteiger partial charge < -0.3 is 15.2 Å². The summed E-state index contributed by atoms with van der Waals surface area (Å²) in [5.41, 5.74) is 3.21. The predicted octanol–water partition coefficient (Wildman–Crippen LogP) is 1.23. The Kier molecular flexibility index (Phi) is 4.53. The predicted molar refractivity (Wildman–Crippen MR) is 97.7 cm³/mol. The molecule has 1 saturated heterocycles. The highest BCUT2D eigenvalue weighted by molar-refractivity contribution is 5.80. The van der Waals surface area contributed by atoms with E-state index in [4.69, 9.17) is 0 Å². The number of amides is 1. The molecule has 1 amide bonds. The monoisotopic (exact) mass is 350 g/mol. The van der Waals surface area contributed by atoms with Gasteiger partial charge in [-0.3, -0.25) is 9.48 Å². The van der Waals surface area contributed by atoms with E-state index in [0.29, 0.717) is 13.1 Å². The average molecular weight is 350 g/mol. The van der Waals surface area contributed by atoms with Crippen molar-refractivity contribution in [1.29, 1.82) is 0 Å². The van der Waals surface area contributed by atoms with E-state index in [0.717, 1.165) is 23.4 Å². The van der Waals surface area contributed by atoms with Gasteiger partial charge in [-0.1, -0.05) is 12.1 Å². The first-order chi connectivity index (χ1) is 12.7. The molecule has 7 heteroatoms. The maximum Gasteiger partial charge on any atom is 0.225 e. The summed E-state index contributed by atoms with van der Waals surface area (Å²) in [5.74, 6) is 0.175. The molecule has 1 aliphatic heterocycles. The molecule has 4 rings (SSSR count). The van der Waals surface area contributed by atoms with Crippen molar-refractivity contribution in [2.75, 3.05) is 13.1 Å². The first kappa shape index (κ1) is 16.5. The van der Waals surface area contributed by atoms with Crippen LogP contribution < -0.4 is 10.6 Å². The largest absolute Gasteiger partial charge is 0.352 e. The summed E-state index contributed by atoms with van der Waals surface area (Å²) in [6.45, 7) is 2.01. The van der Waals surface area contributed by atoms with Gasteiger partial charge in [0.2, 0.25) is 5.91 Å². The Morgan fingerprint density at radius 3 is 3.08 bits per heavy atom. The number of hydrogen-bond acceptors (Lipinski definition) is 4. The molecule has 0 unspecified atom stereocenters. The van der Waals surface area contributed by atoms with Crippen molar-refractivity contribution in [3.63, 3.8) is 0 Å². The molecule has 2 aromatic heterocycles. The third-order valence-electron chi connectivity index (χ3n) is 4.88. The van der Waals surface area contributed by atoms with Crippen LogP contribution in [0.2, 0.25) is 0 Å². The molecular weight excluding hydrogens is 328 g/mol. The Bertz CT molecular complexity index is 885. The molecule has 134 valence electrons. The maximum atomic E-state index is 12.7. The van der Waals surface area contributed by atoms with Gasteiger partial charge in [0.1, 0.15) is 0 Å². The highest BCUT2D eigenvalue weighted by Gasteiger charge is 2.34. The van der Waals surface area contributed by atoms with Crippen molar-refractivity contribution in [1.82, 2.24) is 30.0 Å². The molecule has 3 aromatic rings. The van der Waals surface area contributed by atoms with Crippen LogP contribution in [0.4, 0.5) is 0 Å². The van der Waals surface area contributed by atoms with Gasteiger partial charge in [0.25, 0.3) is 0 Å². The summed E-state index contributed by atoms with van der Waals surface area (Å²) >= 11 is 0. The van der Waals surface area contributed by atoms with Crippen LogP contribution in [0.5, 0.6) is 0 Å². The highest BCUT2D eigenvalue weighted by Crippen LogP contribution is 2.28. The zero-order valence-electron chi connectivity index (χ0n) is 14.7. The third-order valence-corrected chi connectivity index (χ3v) is 4.88. The van der Waals surface area contributed by atoms with E-state index in [2.05, 4.69) is 26.8 Å². The average Bonchev–Trinajstić information content (AvgIpc) is 3.40. The smallest absolute Gasteiger partial charge is 0.225 e. The quantitative estimate of drug-likeness (QED) is 0.726. The van der Waals surface area contributed by atoms with Gasteiger partial charge in [0, 0.05) is 56.9 Å². The lowest BCUT2D eigenvalue weighted by molar-refractivity contribution is -0.125. The summed E-state index contributed by atoms with van der Waals surface area (Å²) in [7, 11) is 1.90. The number of nitrogens with zero attached hydrogens (tertiary/aromatic N) is 4. The van der Waals surface area contributed by atoms with Crippen molar-refractivity contribution >= 4 is 5.91 Å². The molecule has 1 aromatic carbocycles. The van der Waals surface area contributed by atoms with E-state index in [1.807, 2.05) is 48.4 Å². The Hall–Kier alpha value is -2.93. The minimum Gasteiger partial charge on any atom is -0.352 e. The number of aromatic nitrogens is 4. The van der Waals surface area contributed by atoms with Crippen LogP contribution in [0.3, 0.4) is 0 Å². The van der Waals surface area contributed by atoms with Crippen LogP contribution in [0, 0.1) is 5.92 Å². The highest BCUT2D eigenvalue weighted by atomic mass is 16.1. The topological polar surface area (TPSA) is 76.8 Å². The van der Waals surface area contributed by atoms with Gasteiger partial charge in [-0.15, -0.1) is 0 Å². The zero-order valence-corrected chi connectivity index (χ0v) is 14.7. The fourth-order valence-electron chi connectivity index (χ4n) is 3.50. The van der Waals surface area contributed by atoms with E-state index >= 15 is 0 Å². The van der Waals surface area contributed by atoms with Crippen molar-refractivity contribution < 1.29 is 4.79 Å². The number of benzene rings is 1. The number of hydrogen-bond donors (Lipinski definition) is 2. The maximum absolute atomic E-state index is 12.7. The Labute approximate surface area is 152 Å². The van der Waals surface area contributed by atoms with Gasteiger partial charge in [-0.25, -0.2) is 4.98 Å². The molecule has 2 N–H and O–H groups in total. The van der Waals surface area contributed by atoms with Crippen LogP contribution in [0.15, 0.2) is 55.4 Å². The fraction of sp³-hybridized carbons (Fsp3) is 0.316. The third kappa shape index (κ3) is 3.39. The number of aryl methyl sites for hydroxylation is 1. The number of rotatable bonds is 5. The van der Waals surface area contributed by atoms with E-state index < -0.39 is 0 Å². The van der Waals surface area contributed by atoms with Gasteiger partial charge in [0.15, 0.2) is 0 Å². The molecule has 0 spiro atoms. The second-order valence-corrected chi connectivity index (χ2v) is 6.68. The molecular formula is C19H22N6O. The first-order valence-electron chi connectivity index (χ1n) is 8.75. The molecule has 0 saturated carbocycles. The molecule has 2 atom stereocenters. The Morgan fingerprint density at radius 1 is 1.38 bits per heavy atom. The molecule has 0 bridgehead atoms. The number of carbonyl (C=O) groups excluding carboxylic acids is 1. The minimum absolute atomic E-state index is 0.0731. The Morgan fingerprint density at radius 2 is 2.31 bits per heavy atom. The molecule has 7 nitrogen and oxygen atoms in total. The normalized spacial score (nSPS) is 19.6. The SMILES string of the molecule is Cn1cc([C@H]2CNC[C@@H]2C(=O)NCc2cccc(-n3ccnc3)c2)cn1. The van der Waals surface area contributed by atoms with Crippen LogP contribution in [0.1, 0.15) is 17.0 Å². The van der Waals surface area contributed by atoms with E-state index in [1.54, 1.807) is 17.2 Å². The van der Waals surface area contributed by atoms with Crippen LogP contribution >= 0.6 is 0 Å². The lowest BCUT2D eigenvalue weighted by Gasteiger charge is -2.17. The molecule has 1 fully saturated rings. The molecule has 0 radical (unpaired) electrons. The second-order valence-electron chi connectivity index (χ2n) is 6.68. The zero-order chi connectivity index (χ0) is 17.9. The summed E-state index contributed by atoms with van der Waals surface area (Å²) in [5, 5.41) is 10.7. The van der Waals surface area contributed by atoms with E-state index in [1.165, 1.54) is 0 Å². The van der Waals surface area contributed by atoms with Crippen LogP contribution in [-0.4, -0.2) is 38.3 Å². The van der Waals surface area contributed by atoms with Gasteiger partial charge in [0.05, 0.1) is 18.4 Å². The van der Waals surface area contributed by atoms with E-state index in [9.17, 15) is 4.79 Å². The molecule has 3 heterocycles. The number of nitrogens with one attached hydrogen (secondary N) is 2. The van der Waals surface area contributed by atoms with Gasteiger partial charge in [-0.2, -0.15) is 5.10 Å². The summed E-state index contributed by atoms with van der Waals surface area (Å²) in [6.07, 6.45) is 9.26. The van der Waals surface area contributed by atoms with Crippen molar-refractivity contribution in [2.24, 2.45) is 13.0 Å². The van der Waals surface area contributed by atoms with Crippen molar-refractivity contribution in [3.8, 4) is 5.69 Å². The van der Waals surface area contributed by atoms with E-state index in [-0.39, 0.29) is 17.7 Å². The van der Waals surface area contributed by atoms with Crippen LogP contribution in [0.25, 0.3) is 5.69 Å². The molecule has 0 aliphatic carbocycles. The van der Waals surface area contributed by atoms with Crippen LogP contribution in [-0.2, 0) is 18.4 Å². The van der Waals surface area contributed by atoms with Gasteiger partial charge >= 0.3 is 0 Å². The Balaban J connectivity index is 1.41. The van der Waals surface area contributed by atoms with Crippen molar-refractivity contribution in [2.45, 2.75) is 12.5 Å². The summed E-state index contributed by atoms with van der Waals surface area (Å²) in [6, 6.07) is 8.10. The number of imidazole rings is 1.